The number of nitrogens with two attached hydrogens (primary N) is 1. The van der Waals surface area contributed by atoms with E-state index in [1.807, 2.05) is 11.9 Å². The Morgan fingerprint density at radius 1 is 1.50 bits per heavy atom. The van der Waals surface area contributed by atoms with Gasteiger partial charge in [0, 0.05) is 26.8 Å². The molecule has 0 aliphatic rings. The van der Waals surface area contributed by atoms with Crippen molar-refractivity contribution in [2.75, 3.05) is 40.5 Å². The molecule has 0 heterocycles. The third-order valence-corrected chi connectivity index (χ3v) is 2.23. The van der Waals surface area contributed by atoms with E-state index < -0.39 is 5.54 Å². The number of likely N-dealkylation sites (N-methyl/N-ethyl adjacent to an activating group) is 1. The first-order chi connectivity index (χ1) is 7.44. The summed E-state index contributed by atoms with van der Waals surface area (Å²) in [6, 6.07) is 0. The number of hydrogen-bond donors (Lipinski definition) is 1. The number of methoxy groups -OCH3 is 1. The second kappa shape index (κ2) is 7.60. The van der Waals surface area contributed by atoms with Crippen LogP contribution in [0.25, 0.3) is 0 Å². The maximum atomic E-state index is 11.5. The highest BCUT2D eigenvalue weighted by atomic mass is 16.5. The lowest BCUT2D eigenvalue weighted by atomic mass is 10.0. The Kier molecular flexibility index (Phi) is 7.29. The van der Waals surface area contributed by atoms with Gasteiger partial charge in [0.15, 0.2) is 0 Å². The van der Waals surface area contributed by atoms with Gasteiger partial charge in [-0.1, -0.05) is 0 Å². The molecule has 0 spiro atoms. The van der Waals surface area contributed by atoms with Gasteiger partial charge in [-0.2, -0.15) is 0 Å². The Labute approximate surface area is 97.9 Å². The number of ether oxygens (including phenoxy) is 2. The van der Waals surface area contributed by atoms with Crippen LogP contribution < -0.4 is 5.73 Å². The predicted molar refractivity (Wildman–Crippen MR) is 63.2 cm³/mol. The number of rotatable bonds is 8. The van der Waals surface area contributed by atoms with Gasteiger partial charge < -0.3 is 20.1 Å². The molecule has 0 aromatic rings. The van der Waals surface area contributed by atoms with Gasteiger partial charge in [-0.05, 0) is 27.3 Å². The van der Waals surface area contributed by atoms with Crippen molar-refractivity contribution >= 4 is 5.97 Å². The van der Waals surface area contributed by atoms with Crippen LogP contribution in [0.15, 0.2) is 0 Å². The first-order valence-electron chi connectivity index (χ1n) is 5.57. The quantitative estimate of drug-likeness (QED) is 0.479. The van der Waals surface area contributed by atoms with Gasteiger partial charge in [0.2, 0.25) is 0 Å². The maximum Gasteiger partial charge on any atom is 0.327 e. The molecule has 0 aromatic carbocycles. The molecule has 5 heteroatoms. The molecular weight excluding hydrogens is 208 g/mol. The smallest absolute Gasteiger partial charge is 0.327 e. The van der Waals surface area contributed by atoms with E-state index in [1.54, 1.807) is 21.0 Å². The minimum Gasteiger partial charge on any atom is -0.465 e. The van der Waals surface area contributed by atoms with Crippen molar-refractivity contribution in [3.8, 4) is 0 Å². The highest BCUT2D eigenvalue weighted by Gasteiger charge is 2.31. The van der Waals surface area contributed by atoms with Crippen molar-refractivity contribution in [3.63, 3.8) is 0 Å². The van der Waals surface area contributed by atoms with E-state index in [9.17, 15) is 4.79 Å². The molecule has 0 aliphatic carbocycles. The highest BCUT2D eigenvalue weighted by Crippen LogP contribution is 2.05. The molecule has 0 aliphatic heterocycles. The van der Waals surface area contributed by atoms with Crippen molar-refractivity contribution < 1.29 is 14.3 Å². The Balaban J connectivity index is 3.98. The van der Waals surface area contributed by atoms with Gasteiger partial charge in [0.1, 0.15) is 5.54 Å². The molecule has 1 atom stereocenters. The molecule has 96 valence electrons. The summed E-state index contributed by atoms with van der Waals surface area (Å²) >= 11 is 0. The summed E-state index contributed by atoms with van der Waals surface area (Å²) in [5.74, 6) is -0.353. The molecule has 16 heavy (non-hydrogen) atoms. The fraction of sp³-hybridized carbons (Fsp3) is 0.909. The van der Waals surface area contributed by atoms with E-state index >= 15 is 0 Å². The molecular formula is C11H24N2O3. The molecule has 0 amide bonds. The fourth-order valence-corrected chi connectivity index (χ4v) is 1.48. The van der Waals surface area contributed by atoms with Crippen LogP contribution in [0.3, 0.4) is 0 Å². The molecule has 0 saturated heterocycles. The van der Waals surface area contributed by atoms with Crippen LogP contribution in [0.1, 0.15) is 20.3 Å². The van der Waals surface area contributed by atoms with Crippen molar-refractivity contribution in [1.82, 2.24) is 4.90 Å². The fourth-order valence-electron chi connectivity index (χ4n) is 1.48. The van der Waals surface area contributed by atoms with Crippen LogP contribution in [0.2, 0.25) is 0 Å². The predicted octanol–water partition coefficient (Wildman–Crippen LogP) is 0.235. The lowest BCUT2D eigenvalue weighted by molar-refractivity contribution is -0.149. The highest BCUT2D eigenvalue weighted by molar-refractivity contribution is 5.80. The van der Waals surface area contributed by atoms with Gasteiger partial charge in [-0.15, -0.1) is 0 Å². The lowest BCUT2D eigenvalue weighted by Gasteiger charge is -2.28. The molecule has 1 unspecified atom stereocenters. The van der Waals surface area contributed by atoms with E-state index in [0.29, 0.717) is 19.8 Å². The van der Waals surface area contributed by atoms with Crippen LogP contribution >= 0.6 is 0 Å². The summed E-state index contributed by atoms with van der Waals surface area (Å²) in [7, 11) is 3.60. The van der Waals surface area contributed by atoms with Crippen molar-refractivity contribution in [3.05, 3.63) is 0 Å². The zero-order valence-corrected chi connectivity index (χ0v) is 10.8. The summed E-state index contributed by atoms with van der Waals surface area (Å²) in [5, 5.41) is 0. The van der Waals surface area contributed by atoms with Crippen LogP contribution in [-0.4, -0.2) is 56.9 Å². The minimum atomic E-state index is -0.947. The second-order valence-electron chi connectivity index (χ2n) is 4.22. The Morgan fingerprint density at radius 2 is 2.12 bits per heavy atom. The number of esters is 1. The number of carbonyl (C=O) groups excluding carboxylic acids is 1. The Morgan fingerprint density at radius 3 is 2.62 bits per heavy atom. The molecule has 0 aromatic heterocycles. The second-order valence-corrected chi connectivity index (χ2v) is 4.22. The zero-order chi connectivity index (χ0) is 12.6. The molecule has 0 saturated carbocycles. The van der Waals surface area contributed by atoms with Gasteiger partial charge in [-0.3, -0.25) is 4.79 Å². The summed E-state index contributed by atoms with van der Waals surface area (Å²) in [6.45, 7) is 5.87. The van der Waals surface area contributed by atoms with Crippen LogP contribution in [0, 0.1) is 0 Å². The molecule has 2 N–H and O–H groups in total. The Hall–Kier alpha value is -0.650. The SMILES string of the molecule is CCOC(=O)C(C)(N)CN(C)CCCOC. The number of nitrogens with zero attached hydrogens (tertiary/aromatic N) is 1. The van der Waals surface area contributed by atoms with Crippen molar-refractivity contribution in [2.45, 2.75) is 25.8 Å². The van der Waals surface area contributed by atoms with E-state index in [-0.39, 0.29) is 5.97 Å². The van der Waals surface area contributed by atoms with Crippen LogP contribution in [-0.2, 0) is 14.3 Å². The number of carbonyl (C=O) groups is 1. The summed E-state index contributed by atoms with van der Waals surface area (Å²) < 4.78 is 9.88. The standard InChI is InChI=1S/C11H24N2O3/c1-5-16-10(14)11(2,12)9-13(3)7-6-8-15-4/h5-9,12H2,1-4H3. The van der Waals surface area contributed by atoms with Gasteiger partial charge in [0.05, 0.1) is 6.61 Å². The van der Waals surface area contributed by atoms with Crippen molar-refractivity contribution in [2.24, 2.45) is 5.73 Å². The Bertz CT molecular complexity index is 207. The largest absolute Gasteiger partial charge is 0.465 e. The normalized spacial score (nSPS) is 14.9. The first kappa shape index (κ1) is 15.3. The summed E-state index contributed by atoms with van der Waals surface area (Å²) in [6.07, 6.45) is 0.923. The van der Waals surface area contributed by atoms with Gasteiger partial charge >= 0.3 is 5.97 Å². The number of hydrogen-bond acceptors (Lipinski definition) is 5. The molecule has 0 bridgehead atoms. The van der Waals surface area contributed by atoms with Crippen LogP contribution in [0.5, 0.6) is 0 Å². The van der Waals surface area contributed by atoms with Gasteiger partial charge in [-0.25, -0.2) is 0 Å². The molecule has 0 radical (unpaired) electrons. The first-order valence-corrected chi connectivity index (χ1v) is 5.57. The molecule has 0 fully saturated rings. The zero-order valence-electron chi connectivity index (χ0n) is 10.8. The van der Waals surface area contributed by atoms with E-state index in [1.165, 1.54) is 0 Å². The average Bonchev–Trinajstić information content (AvgIpc) is 2.17. The summed E-state index contributed by atoms with van der Waals surface area (Å²) in [5.41, 5.74) is 4.96. The third-order valence-electron chi connectivity index (χ3n) is 2.23. The minimum absolute atomic E-state index is 0.353. The molecule has 0 rings (SSSR count). The lowest BCUT2D eigenvalue weighted by Crippen LogP contribution is -2.54. The maximum absolute atomic E-state index is 11.5. The monoisotopic (exact) mass is 232 g/mol. The van der Waals surface area contributed by atoms with E-state index in [4.69, 9.17) is 15.2 Å². The summed E-state index contributed by atoms with van der Waals surface area (Å²) in [4.78, 5) is 13.5. The van der Waals surface area contributed by atoms with E-state index in [0.717, 1.165) is 13.0 Å². The average molecular weight is 232 g/mol. The third kappa shape index (κ3) is 6.05. The topological polar surface area (TPSA) is 64.8 Å². The van der Waals surface area contributed by atoms with Gasteiger partial charge in [0.25, 0.3) is 0 Å². The van der Waals surface area contributed by atoms with Crippen molar-refractivity contribution in [1.29, 1.82) is 0 Å². The van der Waals surface area contributed by atoms with Crippen LogP contribution in [0.4, 0.5) is 0 Å². The van der Waals surface area contributed by atoms with E-state index in [2.05, 4.69) is 0 Å². The molecule has 5 nitrogen and oxygen atoms in total.